The molecule has 20 heteroatoms. The molecule has 19 atom stereocenters. The summed E-state index contributed by atoms with van der Waals surface area (Å²) in [5, 5.41) is 116. The molecule has 20 nitrogen and oxygen atoms in total. The Labute approximate surface area is 427 Å². The third-order valence-electron chi connectivity index (χ3n) is 13.2. The average molecular weight is 1030 g/mol. The molecule has 2 bridgehead atoms. The fraction of sp³-hybridized carbons (Fsp3) is 0.604. The molecular weight excluding hydrogens is 949 g/mol. The Bertz CT molecular complexity index is 2020. The van der Waals surface area contributed by atoms with E-state index in [1.54, 1.807) is 93.9 Å². The highest BCUT2D eigenvalue weighted by Crippen LogP contribution is 2.35. The van der Waals surface area contributed by atoms with Gasteiger partial charge in [-0.1, -0.05) is 98.9 Å². The summed E-state index contributed by atoms with van der Waals surface area (Å²) in [6, 6.07) is 0.394. The van der Waals surface area contributed by atoms with Crippen LogP contribution in [0.2, 0.25) is 0 Å². The number of rotatable bonds is 5. The van der Waals surface area contributed by atoms with Gasteiger partial charge in [0.2, 0.25) is 0 Å². The maximum absolute atomic E-state index is 13.3. The van der Waals surface area contributed by atoms with Crippen LogP contribution in [0.1, 0.15) is 84.6 Å². The first-order chi connectivity index (χ1) is 34.7. The van der Waals surface area contributed by atoms with E-state index in [4.69, 9.17) is 24.7 Å². The standard InChI is InChI=1S/C53H80N4O16/c1-32-17-15-13-11-9-7-5-6-8-10-12-14-16-18-40(72-51-50(67)46(54)49(66)35(4)71-51)28-44-47(57-52(68)56-31-36-21-23-55-24-22-36)43(63)30-53(69,73-44)29-39(60)26-42(62)41(61)20-19-37(58)25-38(59)27-45(64)70-34(3)33(2)48(32)65/h5-18,21-24,32-35,37-44,46-51,58-63,65-67,69H,19-20,25-31,54H2,1-4H3,(H2,56,57,68)/b6-5+,9-7+,10-8+,13-11+,14-12+,17-15+,18-16+/t32-,33-,34-,35+,37+,38+,39-,40-,41+,42+,43-,44-,46-,47+,48+,49+,50-,51-,53+/m0/s1. The SMILES string of the molecule is C[C@@H]1[C@H](O)[C@@H](C)/C=C/C=C/C=C/C=C/C=C/C=C/C=C/[C@H](O[C@@H]2O[C@H](C)[C@@H](O)[C@H](N)[C@@H]2O)C[C@@H]2O[C@](O)(C[C@@H](O)C[C@@H](O)[C@H](O)CC[C@@H](O)C[C@@H](O)CC(=O)O[C@H]1C)C[C@H](O)[C@H]2NC(=O)NCc1ccncc1. The van der Waals surface area contributed by atoms with E-state index in [0.717, 1.165) is 5.56 Å². The Balaban J connectivity index is 1.60. The number of aliphatic hydroxyl groups is 10. The summed E-state index contributed by atoms with van der Waals surface area (Å²) in [4.78, 5) is 30.0. The zero-order valence-corrected chi connectivity index (χ0v) is 42.1. The normalized spacial score (nSPS) is 41.7. The van der Waals surface area contributed by atoms with E-state index in [1.165, 1.54) is 0 Å². The molecule has 0 unspecified atom stereocenters. The van der Waals surface area contributed by atoms with Crippen LogP contribution in [0.5, 0.6) is 0 Å². The van der Waals surface area contributed by atoms with Crippen LogP contribution in [0.4, 0.5) is 4.79 Å². The van der Waals surface area contributed by atoms with Gasteiger partial charge >= 0.3 is 12.0 Å². The van der Waals surface area contributed by atoms with Crippen molar-refractivity contribution in [2.75, 3.05) is 0 Å². The van der Waals surface area contributed by atoms with Crippen molar-refractivity contribution in [3.8, 4) is 0 Å². The third kappa shape index (κ3) is 21.0. The molecule has 4 rings (SSSR count). The van der Waals surface area contributed by atoms with Crippen LogP contribution >= 0.6 is 0 Å². The minimum Gasteiger partial charge on any atom is -0.462 e. The molecule has 0 saturated carbocycles. The van der Waals surface area contributed by atoms with Crippen LogP contribution in [0, 0.1) is 11.8 Å². The van der Waals surface area contributed by atoms with Crippen molar-refractivity contribution in [2.45, 2.75) is 189 Å². The Morgan fingerprint density at radius 2 is 1.32 bits per heavy atom. The number of urea groups is 1. The van der Waals surface area contributed by atoms with E-state index < -0.39 is 147 Å². The van der Waals surface area contributed by atoms with Crippen molar-refractivity contribution in [2.24, 2.45) is 17.6 Å². The number of pyridine rings is 1. The van der Waals surface area contributed by atoms with Crippen molar-refractivity contribution in [1.82, 2.24) is 15.6 Å². The molecule has 4 heterocycles. The van der Waals surface area contributed by atoms with Crippen molar-refractivity contribution in [3.63, 3.8) is 0 Å². The maximum Gasteiger partial charge on any atom is 0.315 e. The Kier molecular flexibility index (Phi) is 25.7. The van der Waals surface area contributed by atoms with Gasteiger partial charge in [-0.05, 0) is 50.8 Å². The molecule has 1 aromatic heterocycles. The summed E-state index contributed by atoms with van der Waals surface area (Å²) >= 11 is 0. The number of ether oxygens (including phenoxy) is 4. The number of nitrogens with two attached hydrogens (primary N) is 1. The molecule has 408 valence electrons. The minimum absolute atomic E-state index is 0.0992. The molecule has 73 heavy (non-hydrogen) atoms. The van der Waals surface area contributed by atoms with Gasteiger partial charge < -0.3 is 86.4 Å². The number of hydrogen-bond donors (Lipinski definition) is 13. The van der Waals surface area contributed by atoms with E-state index in [9.17, 15) is 60.7 Å². The molecule has 2 saturated heterocycles. The van der Waals surface area contributed by atoms with E-state index in [0.29, 0.717) is 0 Å². The lowest BCUT2D eigenvalue weighted by atomic mass is 9.87. The van der Waals surface area contributed by atoms with Crippen LogP contribution in [0.3, 0.4) is 0 Å². The van der Waals surface area contributed by atoms with Crippen LogP contribution < -0.4 is 16.4 Å². The lowest BCUT2D eigenvalue weighted by Crippen LogP contribution is -2.63. The van der Waals surface area contributed by atoms with Gasteiger partial charge in [-0.3, -0.25) is 9.78 Å². The quantitative estimate of drug-likeness (QED) is 0.185. The molecule has 0 spiro atoms. The predicted molar refractivity (Wildman–Crippen MR) is 269 cm³/mol. The number of aliphatic hydroxyl groups excluding tert-OH is 9. The van der Waals surface area contributed by atoms with Gasteiger partial charge in [0.1, 0.15) is 12.2 Å². The van der Waals surface area contributed by atoms with Gasteiger partial charge in [0, 0.05) is 56.5 Å². The number of cyclic esters (lactones) is 1. The third-order valence-corrected chi connectivity index (χ3v) is 13.2. The van der Waals surface area contributed by atoms with Crippen LogP contribution in [-0.4, -0.2) is 172 Å². The Morgan fingerprint density at radius 1 is 0.712 bits per heavy atom. The van der Waals surface area contributed by atoms with Crippen LogP contribution in [-0.2, 0) is 30.3 Å². The molecule has 2 amide bonds. The highest BCUT2D eigenvalue weighted by molar-refractivity contribution is 5.74. The van der Waals surface area contributed by atoms with Crippen molar-refractivity contribution < 1.29 is 79.6 Å². The summed E-state index contributed by atoms with van der Waals surface area (Å²) in [5.74, 6) is -3.73. The summed E-state index contributed by atoms with van der Waals surface area (Å²) in [6.07, 6.45) is 7.90. The molecule has 0 aliphatic carbocycles. The molecule has 2 fully saturated rings. The van der Waals surface area contributed by atoms with Gasteiger partial charge in [-0.25, -0.2) is 4.79 Å². The number of aromatic nitrogens is 1. The number of esters is 1. The molecule has 3 aliphatic rings. The number of nitrogens with zero attached hydrogens (tertiary/aromatic N) is 1. The Hall–Kier alpha value is -4.49. The van der Waals surface area contributed by atoms with Gasteiger partial charge in [-0.15, -0.1) is 0 Å². The largest absolute Gasteiger partial charge is 0.462 e. The smallest absolute Gasteiger partial charge is 0.315 e. The van der Waals surface area contributed by atoms with Crippen molar-refractivity contribution in [1.29, 1.82) is 0 Å². The summed E-state index contributed by atoms with van der Waals surface area (Å²) in [7, 11) is 0. The van der Waals surface area contributed by atoms with Gasteiger partial charge in [0.05, 0.1) is 85.6 Å². The number of nitrogens with one attached hydrogen (secondary N) is 2. The fourth-order valence-corrected chi connectivity index (χ4v) is 8.72. The predicted octanol–water partition coefficient (Wildman–Crippen LogP) is 1.27. The topological polar surface area (TPSA) is 336 Å². The number of amides is 2. The van der Waals surface area contributed by atoms with E-state index in [2.05, 4.69) is 15.6 Å². The number of fused-ring (bicyclic) bond motifs is 2. The summed E-state index contributed by atoms with van der Waals surface area (Å²) < 4.78 is 23.8. The lowest BCUT2D eigenvalue weighted by Gasteiger charge is -2.46. The maximum atomic E-state index is 13.3. The first-order valence-electron chi connectivity index (χ1n) is 25.1. The van der Waals surface area contributed by atoms with E-state index in [1.807, 2.05) is 43.4 Å². The molecule has 1 aromatic rings. The van der Waals surface area contributed by atoms with Gasteiger partial charge in [0.25, 0.3) is 0 Å². The van der Waals surface area contributed by atoms with E-state index >= 15 is 0 Å². The molecule has 0 radical (unpaired) electrons. The monoisotopic (exact) mass is 1030 g/mol. The van der Waals surface area contributed by atoms with Crippen LogP contribution in [0.15, 0.2) is 110 Å². The fourth-order valence-electron chi connectivity index (χ4n) is 8.72. The summed E-state index contributed by atoms with van der Waals surface area (Å²) in [5.41, 5.74) is 6.86. The van der Waals surface area contributed by atoms with Gasteiger partial charge in [-0.2, -0.15) is 0 Å². The molecule has 14 N–H and O–H groups in total. The zero-order chi connectivity index (χ0) is 53.7. The number of carbonyl (C=O) groups excluding carboxylic acids is 2. The second kappa shape index (κ2) is 30.8. The zero-order valence-electron chi connectivity index (χ0n) is 42.1. The van der Waals surface area contributed by atoms with Crippen molar-refractivity contribution in [3.05, 3.63) is 115 Å². The van der Waals surface area contributed by atoms with E-state index in [-0.39, 0.29) is 38.1 Å². The molecule has 3 aliphatic heterocycles. The first-order valence-corrected chi connectivity index (χ1v) is 25.1. The average Bonchev–Trinajstić information content (AvgIpc) is 3.33. The second-order valence-corrected chi connectivity index (χ2v) is 19.4. The Morgan fingerprint density at radius 3 is 1.95 bits per heavy atom. The summed E-state index contributed by atoms with van der Waals surface area (Å²) in [6.45, 7) is 6.90. The number of hydrogen-bond acceptors (Lipinski definition) is 18. The number of carbonyl (C=O) groups is 2. The van der Waals surface area contributed by atoms with Crippen LogP contribution in [0.25, 0.3) is 0 Å². The molecule has 0 aromatic carbocycles. The molecular formula is C53H80N4O16. The first kappa shape index (κ1) is 61.1. The lowest BCUT2D eigenvalue weighted by molar-refractivity contribution is -0.303. The van der Waals surface area contributed by atoms with Crippen molar-refractivity contribution >= 4 is 12.0 Å². The van der Waals surface area contributed by atoms with Gasteiger partial charge in [0.15, 0.2) is 12.1 Å². The minimum atomic E-state index is -2.27. The highest BCUT2D eigenvalue weighted by atomic mass is 16.7. The second-order valence-electron chi connectivity index (χ2n) is 19.4. The number of allylic oxidation sites excluding steroid dienone is 12. The highest BCUT2D eigenvalue weighted by Gasteiger charge is 2.49.